The smallest absolute Gasteiger partial charge is 0.326 e. The van der Waals surface area contributed by atoms with Gasteiger partial charge < -0.3 is 15.2 Å². The van der Waals surface area contributed by atoms with Gasteiger partial charge in [0, 0.05) is 23.9 Å². The normalized spacial score (nSPS) is 11.4. The topological polar surface area (TPSA) is 92.7 Å². The van der Waals surface area contributed by atoms with Crippen LogP contribution in [0.25, 0.3) is 0 Å². The summed E-state index contributed by atoms with van der Waals surface area (Å²) in [6.45, 7) is 1.27. The summed E-state index contributed by atoms with van der Waals surface area (Å²) in [7, 11) is 0. The molecule has 1 amide bonds. The molecule has 130 valence electrons. The van der Waals surface area contributed by atoms with Crippen LogP contribution in [-0.2, 0) is 16.0 Å². The maximum atomic E-state index is 12.2. The maximum Gasteiger partial charge on any atom is 0.326 e. The number of aliphatic carboxylic acids is 1. The largest absolute Gasteiger partial charge is 0.480 e. The fraction of sp³-hybridized carbons (Fsp3) is 0.167. The minimum atomic E-state index is -1.15. The Kier molecular flexibility index (Phi) is 6.14. The Bertz CT molecular complexity index is 788. The van der Waals surface area contributed by atoms with E-state index in [1.54, 1.807) is 24.3 Å². The average Bonchev–Trinajstić information content (AvgIpc) is 2.54. The van der Waals surface area contributed by atoms with Crippen LogP contribution in [0, 0.1) is 0 Å². The quantitative estimate of drug-likeness (QED) is 0.609. The van der Waals surface area contributed by atoms with Gasteiger partial charge in [-0.3, -0.25) is 9.59 Å². The predicted octanol–water partition coefficient (Wildman–Crippen LogP) is 2.69. The van der Waals surface area contributed by atoms with Crippen molar-refractivity contribution in [3.05, 3.63) is 64.7 Å². The van der Waals surface area contributed by atoms with Crippen LogP contribution < -0.4 is 10.1 Å². The molecule has 1 atom stereocenters. The zero-order chi connectivity index (χ0) is 18.4. The first-order valence-corrected chi connectivity index (χ1v) is 7.79. The number of carboxylic acids is 1. The van der Waals surface area contributed by atoms with Gasteiger partial charge in [-0.25, -0.2) is 4.79 Å². The molecule has 0 radical (unpaired) electrons. The lowest BCUT2D eigenvalue weighted by atomic mass is 10.1. The molecule has 2 aromatic carbocycles. The molecule has 0 aliphatic heterocycles. The second-order valence-corrected chi connectivity index (χ2v) is 5.75. The third-order valence-corrected chi connectivity index (χ3v) is 3.55. The number of hydrogen-bond donors (Lipinski definition) is 2. The summed E-state index contributed by atoms with van der Waals surface area (Å²) in [5.74, 6) is -1.85. The number of carbonyl (C=O) groups is 3. The molecule has 0 saturated carbocycles. The highest BCUT2D eigenvalue weighted by Gasteiger charge is 2.21. The minimum absolute atomic E-state index is 0.104. The van der Waals surface area contributed by atoms with E-state index >= 15 is 0 Å². The molecule has 25 heavy (non-hydrogen) atoms. The lowest BCUT2D eigenvalue weighted by molar-refractivity contribution is -0.139. The van der Waals surface area contributed by atoms with Crippen LogP contribution in [0.3, 0.4) is 0 Å². The molecule has 0 spiro atoms. The summed E-state index contributed by atoms with van der Waals surface area (Å²) in [6, 6.07) is 11.5. The van der Waals surface area contributed by atoms with E-state index in [2.05, 4.69) is 5.32 Å². The minimum Gasteiger partial charge on any atom is -0.480 e. The van der Waals surface area contributed by atoms with E-state index in [0.29, 0.717) is 16.3 Å². The Morgan fingerprint density at radius 1 is 1.16 bits per heavy atom. The first-order chi connectivity index (χ1) is 11.8. The molecule has 0 aromatic heterocycles. The van der Waals surface area contributed by atoms with Gasteiger partial charge in [-0.1, -0.05) is 23.7 Å². The Morgan fingerprint density at radius 3 is 2.40 bits per heavy atom. The van der Waals surface area contributed by atoms with Crippen molar-refractivity contribution >= 4 is 29.4 Å². The Labute approximate surface area is 149 Å². The summed E-state index contributed by atoms with van der Waals surface area (Å²) >= 11 is 5.89. The fourth-order valence-electron chi connectivity index (χ4n) is 2.18. The second-order valence-electron chi connectivity index (χ2n) is 5.32. The summed E-state index contributed by atoms with van der Waals surface area (Å²) in [5.41, 5.74) is 0.957. The van der Waals surface area contributed by atoms with Crippen molar-refractivity contribution < 1.29 is 24.2 Å². The van der Waals surface area contributed by atoms with E-state index in [9.17, 15) is 19.5 Å². The van der Waals surface area contributed by atoms with Crippen molar-refractivity contribution in [2.75, 3.05) is 0 Å². The van der Waals surface area contributed by atoms with E-state index in [0.717, 1.165) is 0 Å². The van der Waals surface area contributed by atoms with Crippen molar-refractivity contribution in [2.24, 2.45) is 0 Å². The number of benzene rings is 2. The number of esters is 1. The van der Waals surface area contributed by atoms with Crippen LogP contribution in [0.5, 0.6) is 5.75 Å². The summed E-state index contributed by atoms with van der Waals surface area (Å²) in [6.07, 6.45) is 0.104. The zero-order valence-corrected chi connectivity index (χ0v) is 14.1. The molecule has 0 heterocycles. The third-order valence-electron chi connectivity index (χ3n) is 3.31. The number of nitrogens with one attached hydrogen (secondary N) is 1. The Balaban J connectivity index is 2.07. The zero-order valence-electron chi connectivity index (χ0n) is 13.4. The van der Waals surface area contributed by atoms with Crippen LogP contribution >= 0.6 is 11.6 Å². The Hall–Kier alpha value is -2.86. The van der Waals surface area contributed by atoms with E-state index in [4.69, 9.17) is 16.3 Å². The molecule has 0 saturated heterocycles. The molecular formula is C18H16ClNO5. The third kappa shape index (κ3) is 5.61. The molecule has 2 rings (SSSR count). The van der Waals surface area contributed by atoms with Gasteiger partial charge in [-0.05, 0) is 42.0 Å². The molecule has 0 unspecified atom stereocenters. The van der Waals surface area contributed by atoms with Crippen LogP contribution in [0.2, 0.25) is 5.02 Å². The van der Waals surface area contributed by atoms with Gasteiger partial charge in [0.1, 0.15) is 11.8 Å². The second kappa shape index (κ2) is 8.30. The van der Waals surface area contributed by atoms with Crippen molar-refractivity contribution in [3.63, 3.8) is 0 Å². The van der Waals surface area contributed by atoms with Gasteiger partial charge in [-0.2, -0.15) is 0 Å². The number of amides is 1. The summed E-state index contributed by atoms with van der Waals surface area (Å²) in [4.78, 5) is 34.5. The summed E-state index contributed by atoms with van der Waals surface area (Å²) in [5, 5.41) is 12.3. The fourth-order valence-corrected chi connectivity index (χ4v) is 2.39. The highest BCUT2D eigenvalue weighted by molar-refractivity contribution is 6.30. The maximum absolute atomic E-state index is 12.2. The van der Waals surface area contributed by atoms with Crippen LogP contribution in [0.1, 0.15) is 22.8 Å². The van der Waals surface area contributed by atoms with Crippen LogP contribution in [0.15, 0.2) is 48.5 Å². The highest BCUT2D eigenvalue weighted by atomic mass is 35.5. The molecule has 2 aromatic rings. The molecule has 0 bridgehead atoms. The molecule has 0 aliphatic carbocycles. The molecule has 0 fully saturated rings. The van der Waals surface area contributed by atoms with E-state index in [-0.39, 0.29) is 12.0 Å². The monoisotopic (exact) mass is 361 g/mol. The van der Waals surface area contributed by atoms with Gasteiger partial charge >= 0.3 is 11.9 Å². The standard InChI is InChI=1S/C18H16ClNO5/c1-11(21)25-15-7-5-13(6-8-15)17(22)20-16(18(23)24)10-12-3-2-4-14(19)9-12/h2-9,16H,10H2,1H3,(H,20,22)(H,23,24)/t16-/m1/s1. The number of halogens is 1. The van der Waals surface area contributed by atoms with Crippen molar-refractivity contribution in [1.82, 2.24) is 5.32 Å². The average molecular weight is 362 g/mol. The molecular weight excluding hydrogens is 346 g/mol. The van der Waals surface area contributed by atoms with Gasteiger partial charge in [0.2, 0.25) is 0 Å². The van der Waals surface area contributed by atoms with Gasteiger partial charge in [0.25, 0.3) is 5.91 Å². The van der Waals surface area contributed by atoms with Crippen molar-refractivity contribution in [3.8, 4) is 5.75 Å². The molecule has 7 heteroatoms. The van der Waals surface area contributed by atoms with Gasteiger partial charge in [0.05, 0.1) is 0 Å². The van der Waals surface area contributed by atoms with E-state index < -0.39 is 23.9 Å². The Morgan fingerprint density at radius 2 is 1.84 bits per heavy atom. The van der Waals surface area contributed by atoms with Gasteiger partial charge in [0.15, 0.2) is 0 Å². The number of carbonyl (C=O) groups excluding carboxylic acids is 2. The van der Waals surface area contributed by atoms with Gasteiger partial charge in [-0.15, -0.1) is 0 Å². The van der Waals surface area contributed by atoms with E-state index in [1.165, 1.54) is 31.2 Å². The lowest BCUT2D eigenvalue weighted by Gasteiger charge is -2.15. The van der Waals surface area contributed by atoms with Crippen molar-refractivity contribution in [2.45, 2.75) is 19.4 Å². The molecule has 6 nitrogen and oxygen atoms in total. The van der Waals surface area contributed by atoms with Crippen LogP contribution in [-0.4, -0.2) is 29.0 Å². The van der Waals surface area contributed by atoms with Crippen LogP contribution in [0.4, 0.5) is 0 Å². The van der Waals surface area contributed by atoms with E-state index in [1.807, 2.05) is 0 Å². The summed E-state index contributed by atoms with van der Waals surface area (Å²) < 4.78 is 4.88. The van der Waals surface area contributed by atoms with Crippen molar-refractivity contribution in [1.29, 1.82) is 0 Å². The first kappa shape index (κ1) is 18.5. The number of rotatable bonds is 6. The number of hydrogen-bond acceptors (Lipinski definition) is 4. The first-order valence-electron chi connectivity index (χ1n) is 7.42. The highest BCUT2D eigenvalue weighted by Crippen LogP contribution is 2.14. The molecule has 0 aliphatic rings. The number of carboxylic acid groups (broad SMARTS) is 1. The SMILES string of the molecule is CC(=O)Oc1ccc(C(=O)N[C@H](Cc2cccc(Cl)c2)C(=O)O)cc1. The lowest BCUT2D eigenvalue weighted by Crippen LogP contribution is -2.42. The predicted molar refractivity (Wildman–Crippen MR) is 91.8 cm³/mol. The molecule has 2 N–H and O–H groups in total. The number of ether oxygens (including phenoxy) is 1.